The second kappa shape index (κ2) is 11.0. The van der Waals surface area contributed by atoms with E-state index in [0.29, 0.717) is 18.5 Å². The van der Waals surface area contributed by atoms with Gasteiger partial charge in [-0.15, -0.1) is 0 Å². The van der Waals surface area contributed by atoms with Crippen LogP contribution >= 0.6 is 0 Å². The van der Waals surface area contributed by atoms with Gasteiger partial charge in [-0.3, -0.25) is 0 Å². The van der Waals surface area contributed by atoms with Crippen LogP contribution in [0.5, 0.6) is 5.88 Å². The summed E-state index contributed by atoms with van der Waals surface area (Å²) in [6.07, 6.45) is 13.3. The number of hydrogen-bond donors (Lipinski definition) is 0. The van der Waals surface area contributed by atoms with Crippen LogP contribution in [0.3, 0.4) is 0 Å². The van der Waals surface area contributed by atoms with Crippen molar-refractivity contribution >= 4 is 22.1 Å². The van der Waals surface area contributed by atoms with E-state index in [1.807, 2.05) is 24.5 Å². The Hall–Kier alpha value is -3.71. The van der Waals surface area contributed by atoms with Gasteiger partial charge in [-0.2, -0.15) is 4.98 Å². The fourth-order valence-electron chi connectivity index (χ4n) is 5.73. The Kier molecular flexibility index (Phi) is 7.10. The van der Waals surface area contributed by atoms with Gasteiger partial charge < -0.3 is 18.8 Å². The molecule has 1 saturated carbocycles. The average molecular weight is 509 g/mol. The fourth-order valence-corrected chi connectivity index (χ4v) is 5.73. The number of aromatic nitrogens is 5. The Labute approximate surface area is 224 Å². The minimum atomic E-state index is 0.468. The van der Waals surface area contributed by atoms with Crippen LogP contribution in [0.4, 0.5) is 0 Å². The summed E-state index contributed by atoms with van der Waals surface area (Å²) < 4.78 is 10.9. The molecule has 7 heteroatoms. The van der Waals surface area contributed by atoms with Crippen LogP contribution in [-0.4, -0.2) is 49.6 Å². The normalized spacial score (nSPS) is 14.6. The molecule has 0 radical (unpaired) electrons. The Morgan fingerprint density at radius 2 is 1.82 bits per heavy atom. The van der Waals surface area contributed by atoms with Gasteiger partial charge in [0.25, 0.3) is 0 Å². The van der Waals surface area contributed by atoms with E-state index in [9.17, 15) is 0 Å². The summed E-state index contributed by atoms with van der Waals surface area (Å²) in [6, 6.07) is 17.4. The predicted molar refractivity (Wildman–Crippen MR) is 152 cm³/mol. The summed E-state index contributed by atoms with van der Waals surface area (Å²) in [5, 5.41) is 0. The van der Waals surface area contributed by atoms with E-state index in [2.05, 4.69) is 69.6 Å². The summed E-state index contributed by atoms with van der Waals surface area (Å²) in [7, 11) is 4.22. The monoisotopic (exact) mass is 508 g/mol. The highest BCUT2D eigenvalue weighted by Crippen LogP contribution is 2.36. The predicted octanol–water partition coefficient (Wildman–Crippen LogP) is 6.48. The molecule has 1 fully saturated rings. The molecule has 0 N–H and O–H groups in total. The largest absolute Gasteiger partial charge is 0.471 e. The zero-order chi connectivity index (χ0) is 25.9. The minimum Gasteiger partial charge on any atom is -0.471 e. The maximum atomic E-state index is 6.27. The number of rotatable bonds is 9. The molecule has 3 aromatic heterocycles. The number of fused-ring (bicyclic) bond motifs is 2. The smallest absolute Gasteiger partial charge is 0.242 e. The van der Waals surface area contributed by atoms with Crippen LogP contribution < -0.4 is 4.74 Å². The molecule has 0 unspecified atom stereocenters. The molecule has 7 nitrogen and oxygen atoms in total. The zero-order valence-corrected chi connectivity index (χ0v) is 22.4. The van der Waals surface area contributed by atoms with E-state index in [-0.39, 0.29) is 0 Å². The molecule has 0 saturated heterocycles. The number of ether oxygens (including phenoxy) is 1. The molecule has 5 aromatic rings. The first-order valence-corrected chi connectivity index (χ1v) is 13.8. The van der Waals surface area contributed by atoms with Gasteiger partial charge in [-0.05, 0) is 63.2 Å². The van der Waals surface area contributed by atoms with E-state index in [0.717, 1.165) is 52.8 Å². The number of nitrogens with zero attached hydrogens (tertiary/aromatic N) is 6. The molecule has 196 valence electrons. The van der Waals surface area contributed by atoms with Crippen LogP contribution in [-0.2, 0) is 13.2 Å². The van der Waals surface area contributed by atoms with Gasteiger partial charge >= 0.3 is 0 Å². The van der Waals surface area contributed by atoms with Gasteiger partial charge in [0.2, 0.25) is 5.88 Å². The minimum absolute atomic E-state index is 0.468. The van der Waals surface area contributed by atoms with E-state index in [1.54, 1.807) is 6.33 Å². The molecule has 0 amide bonds. The lowest BCUT2D eigenvalue weighted by Gasteiger charge is -2.23. The van der Waals surface area contributed by atoms with Crippen LogP contribution in [0, 0.1) is 0 Å². The number of imidazole rings is 1. The molecule has 3 heterocycles. The lowest BCUT2D eigenvalue weighted by Crippen LogP contribution is -2.15. The molecule has 1 aliphatic carbocycles. The highest BCUT2D eigenvalue weighted by molar-refractivity contribution is 5.97. The molecule has 0 aliphatic heterocycles. The highest BCUT2D eigenvalue weighted by Gasteiger charge is 2.20. The molecule has 38 heavy (non-hydrogen) atoms. The lowest BCUT2D eigenvalue weighted by atomic mass is 9.95. The molecule has 1 aliphatic rings. The van der Waals surface area contributed by atoms with Crippen molar-refractivity contribution in [2.24, 2.45) is 0 Å². The van der Waals surface area contributed by atoms with E-state index in [4.69, 9.17) is 14.7 Å². The quantitative estimate of drug-likeness (QED) is 0.228. The third-order valence-electron chi connectivity index (χ3n) is 7.69. The molecule has 2 aromatic carbocycles. The highest BCUT2D eigenvalue weighted by atomic mass is 16.5. The molecule has 0 bridgehead atoms. The van der Waals surface area contributed by atoms with E-state index < -0.39 is 0 Å². The van der Waals surface area contributed by atoms with Crippen LogP contribution in [0.15, 0.2) is 67.4 Å². The summed E-state index contributed by atoms with van der Waals surface area (Å²) in [6.45, 7) is 2.34. The maximum absolute atomic E-state index is 6.27. The zero-order valence-electron chi connectivity index (χ0n) is 22.4. The second-order valence-electron chi connectivity index (χ2n) is 10.7. The molecular weight excluding hydrogens is 472 g/mol. The van der Waals surface area contributed by atoms with Crippen molar-refractivity contribution in [3.05, 3.63) is 72.9 Å². The van der Waals surface area contributed by atoms with Crippen LogP contribution in [0.25, 0.3) is 33.2 Å². The van der Waals surface area contributed by atoms with Crippen molar-refractivity contribution in [1.82, 2.24) is 29.0 Å². The van der Waals surface area contributed by atoms with Crippen LogP contribution in [0.1, 0.15) is 50.1 Å². The summed E-state index contributed by atoms with van der Waals surface area (Å²) in [4.78, 5) is 16.3. The first-order chi connectivity index (χ1) is 18.7. The van der Waals surface area contributed by atoms with Gasteiger partial charge in [0.05, 0.1) is 17.4 Å². The van der Waals surface area contributed by atoms with Crippen molar-refractivity contribution in [2.45, 2.75) is 57.7 Å². The van der Waals surface area contributed by atoms with E-state index in [1.165, 1.54) is 37.6 Å². The maximum Gasteiger partial charge on any atom is 0.242 e. The summed E-state index contributed by atoms with van der Waals surface area (Å²) in [5.41, 5.74) is 7.45. The summed E-state index contributed by atoms with van der Waals surface area (Å²) in [5.74, 6) is 0.623. The van der Waals surface area contributed by atoms with Gasteiger partial charge in [0, 0.05) is 24.3 Å². The van der Waals surface area contributed by atoms with Crippen molar-refractivity contribution in [3.8, 4) is 17.0 Å². The Morgan fingerprint density at radius 3 is 2.63 bits per heavy atom. The molecular formula is C31H36N6O. The summed E-state index contributed by atoms with van der Waals surface area (Å²) >= 11 is 0. The van der Waals surface area contributed by atoms with Crippen molar-refractivity contribution in [1.29, 1.82) is 0 Å². The number of benzene rings is 2. The van der Waals surface area contributed by atoms with E-state index >= 15 is 0 Å². The standard InChI is InChI=1S/C31H36N6O/c1-35(2)16-9-17-36-19-26(29-30(36)31(33-21-32-29)38-20-23-10-5-3-6-11-23)24-14-15-28-27(18-24)34-22-37(28)25-12-7-4-8-13-25/h3,5-6,10-11,14-15,18-19,21-22,25H,4,7-9,12-13,16-17,20H2,1-2H3. The van der Waals surface area contributed by atoms with Gasteiger partial charge in [-0.25, -0.2) is 9.97 Å². The SMILES string of the molecule is CN(C)CCCn1cc(-c2ccc3c(c2)ncn3C2CCCCC2)c2ncnc(OCc3ccccc3)c21. The third-order valence-corrected chi connectivity index (χ3v) is 7.69. The van der Waals surface area contributed by atoms with Gasteiger partial charge in [-0.1, -0.05) is 55.7 Å². The second-order valence-corrected chi connectivity index (χ2v) is 10.7. The fraction of sp³-hybridized carbons (Fsp3) is 0.387. The number of aryl methyl sites for hydroxylation is 1. The van der Waals surface area contributed by atoms with Crippen LogP contribution in [0.2, 0.25) is 0 Å². The third kappa shape index (κ3) is 5.03. The first kappa shape index (κ1) is 24.6. The van der Waals surface area contributed by atoms with Gasteiger partial charge in [0.1, 0.15) is 24.0 Å². The Morgan fingerprint density at radius 1 is 0.974 bits per heavy atom. The molecule has 6 rings (SSSR count). The molecule has 0 spiro atoms. The van der Waals surface area contributed by atoms with Gasteiger partial charge in [0.15, 0.2) is 0 Å². The Bertz CT molecular complexity index is 1510. The van der Waals surface area contributed by atoms with Crippen molar-refractivity contribution in [2.75, 3.05) is 20.6 Å². The number of hydrogen-bond acceptors (Lipinski definition) is 5. The first-order valence-electron chi connectivity index (χ1n) is 13.8. The average Bonchev–Trinajstić information content (AvgIpc) is 3.54. The van der Waals surface area contributed by atoms with Crippen molar-refractivity contribution in [3.63, 3.8) is 0 Å². The van der Waals surface area contributed by atoms with Crippen molar-refractivity contribution < 1.29 is 4.74 Å². The Balaban J connectivity index is 1.37. The lowest BCUT2D eigenvalue weighted by molar-refractivity contribution is 0.296. The topological polar surface area (TPSA) is 61.0 Å². The molecule has 0 atom stereocenters.